The fraction of sp³-hybridized carbons (Fsp3) is 0.346. The van der Waals surface area contributed by atoms with Crippen molar-refractivity contribution < 1.29 is 26.7 Å². The van der Waals surface area contributed by atoms with Crippen LogP contribution in [-0.4, -0.2) is 59.7 Å². The molecule has 9 nitrogen and oxygen atoms in total. The number of methoxy groups -OCH3 is 1. The molecule has 4 aromatic rings. The molecule has 4 rings (SSSR count). The van der Waals surface area contributed by atoms with Crippen molar-refractivity contribution >= 4 is 21.0 Å². The Labute approximate surface area is 218 Å². The quantitative estimate of drug-likeness (QED) is 0.297. The number of sulfone groups is 1. The zero-order valence-electron chi connectivity index (χ0n) is 21.4. The molecule has 0 amide bonds. The second-order valence-corrected chi connectivity index (χ2v) is 11.0. The lowest BCUT2D eigenvalue weighted by atomic mass is 10.0. The van der Waals surface area contributed by atoms with Crippen LogP contribution < -0.4 is 15.2 Å². The first-order valence-electron chi connectivity index (χ1n) is 11.8. The molecule has 3 heterocycles. The summed E-state index contributed by atoms with van der Waals surface area (Å²) in [4.78, 5) is 22.7. The van der Waals surface area contributed by atoms with Crippen LogP contribution in [0.15, 0.2) is 53.5 Å². The monoisotopic (exact) mass is 546 g/mol. The van der Waals surface area contributed by atoms with Gasteiger partial charge in [0, 0.05) is 18.0 Å². The van der Waals surface area contributed by atoms with Crippen LogP contribution in [0.5, 0.6) is 11.6 Å². The van der Waals surface area contributed by atoms with E-state index >= 15 is 0 Å². The zero-order valence-corrected chi connectivity index (χ0v) is 22.2. The number of aromatic nitrogens is 4. The van der Waals surface area contributed by atoms with E-state index in [4.69, 9.17) is 9.47 Å². The lowest BCUT2D eigenvalue weighted by Gasteiger charge is -2.19. The smallest absolute Gasteiger partial charge is 0.331 e. The molecule has 1 aromatic carbocycles. The molecule has 0 radical (unpaired) electrons. The third-order valence-electron chi connectivity index (χ3n) is 6.09. The molecule has 3 aromatic heterocycles. The molecule has 0 aliphatic heterocycles. The highest BCUT2D eigenvalue weighted by Crippen LogP contribution is 2.32. The van der Waals surface area contributed by atoms with Crippen molar-refractivity contribution in [1.82, 2.24) is 19.1 Å². The molecule has 12 heteroatoms. The van der Waals surface area contributed by atoms with Gasteiger partial charge in [0.2, 0.25) is 0 Å². The summed E-state index contributed by atoms with van der Waals surface area (Å²) in [5, 5.41) is 0. The van der Waals surface area contributed by atoms with Crippen LogP contribution in [0.3, 0.4) is 0 Å². The summed E-state index contributed by atoms with van der Waals surface area (Å²) in [6.45, 7) is 2.86. The number of halogens is 2. The molecule has 0 spiro atoms. The topological polar surface area (TPSA) is 105 Å². The number of ether oxygens (including phenoxy) is 2. The van der Waals surface area contributed by atoms with Crippen LogP contribution in [0.25, 0.3) is 22.3 Å². The van der Waals surface area contributed by atoms with Gasteiger partial charge in [-0.15, -0.1) is 0 Å². The number of fused-ring (bicyclic) bond motifs is 1. The molecule has 0 aliphatic rings. The van der Waals surface area contributed by atoms with E-state index in [0.29, 0.717) is 16.9 Å². The van der Waals surface area contributed by atoms with Crippen molar-refractivity contribution in [3.63, 3.8) is 0 Å². The Hall–Kier alpha value is -3.80. The van der Waals surface area contributed by atoms with Crippen molar-refractivity contribution in [2.24, 2.45) is 0 Å². The van der Waals surface area contributed by atoms with Crippen molar-refractivity contribution in [3.8, 4) is 22.8 Å². The van der Waals surface area contributed by atoms with Crippen LogP contribution in [-0.2, 0) is 16.4 Å². The van der Waals surface area contributed by atoms with Crippen LogP contribution in [0, 0.1) is 6.92 Å². The summed E-state index contributed by atoms with van der Waals surface area (Å²) in [5.41, 5.74) is 1.68. The second-order valence-electron chi connectivity index (χ2n) is 8.77. The van der Waals surface area contributed by atoms with Gasteiger partial charge in [-0.25, -0.2) is 32.0 Å². The maximum atomic E-state index is 13.7. The van der Waals surface area contributed by atoms with Gasteiger partial charge in [0.15, 0.2) is 11.4 Å². The van der Waals surface area contributed by atoms with Crippen molar-refractivity contribution in [3.05, 3.63) is 70.4 Å². The predicted molar refractivity (Wildman–Crippen MR) is 140 cm³/mol. The molecular formula is C26H28F2N4O5S. The van der Waals surface area contributed by atoms with Crippen LogP contribution in [0.4, 0.5) is 8.78 Å². The highest BCUT2D eigenvalue weighted by atomic mass is 32.2. The third-order valence-corrected chi connectivity index (χ3v) is 7.01. The predicted octanol–water partition coefficient (Wildman–Crippen LogP) is 3.87. The number of hydrogen-bond donors (Lipinski definition) is 0. The minimum absolute atomic E-state index is 0.0806. The summed E-state index contributed by atoms with van der Waals surface area (Å²) in [7, 11) is -2.24. The van der Waals surface area contributed by atoms with E-state index in [1.807, 2.05) is 30.3 Å². The normalized spacial score (nSPS) is 12.7. The molecule has 0 aliphatic carbocycles. The van der Waals surface area contributed by atoms with Crippen molar-refractivity contribution in [2.45, 2.75) is 32.9 Å². The van der Waals surface area contributed by atoms with Crippen LogP contribution in [0.2, 0.25) is 0 Å². The van der Waals surface area contributed by atoms with Gasteiger partial charge in [0.1, 0.15) is 9.84 Å². The molecule has 1 atom stereocenters. The number of pyridine rings is 2. The highest BCUT2D eigenvalue weighted by Gasteiger charge is 2.30. The summed E-state index contributed by atoms with van der Waals surface area (Å²) in [6.07, 6.45) is -0.244. The second kappa shape index (κ2) is 10.9. The first kappa shape index (κ1) is 27.2. The minimum atomic E-state index is -3.68. The number of alkyl halides is 2. The maximum Gasteiger partial charge on any atom is 0.331 e. The van der Waals surface area contributed by atoms with Crippen LogP contribution >= 0.6 is 0 Å². The lowest BCUT2D eigenvalue weighted by molar-refractivity contribution is 0.126. The first-order chi connectivity index (χ1) is 18.1. The largest absolute Gasteiger partial charge is 0.491 e. The van der Waals surface area contributed by atoms with Gasteiger partial charge in [0.25, 0.3) is 12.3 Å². The fourth-order valence-electron chi connectivity index (χ4n) is 4.49. The van der Waals surface area contributed by atoms with Gasteiger partial charge in [-0.2, -0.15) is 0 Å². The highest BCUT2D eigenvalue weighted by molar-refractivity contribution is 7.90. The van der Waals surface area contributed by atoms with E-state index in [1.54, 1.807) is 26.1 Å². The summed E-state index contributed by atoms with van der Waals surface area (Å²) < 4.78 is 65.3. The molecule has 202 valence electrons. The molecule has 38 heavy (non-hydrogen) atoms. The Morgan fingerprint density at radius 3 is 2.42 bits per heavy atom. The van der Waals surface area contributed by atoms with Crippen molar-refractivity contribution in [2.75, 3.05) is 25.7 Å². The summed E-state index contributed by atoms with van der Waals surface area (Å²) in [5.74, 6) is -0.0826. The van der Waals surface area contributed by atoms with Gasteiger partial charge in [-0.1, -0.05) is 30.3 Å². The van der Waals surface area contributed by atoms with E-state index < -0.39 is 40.3 Å². The lowest BCUT2D eigenvalue weighted by Crippen LogP contribution is -2.33. The molecule has 0 N–H and O–H groups in total. The third kappa shape index (κ3) is 5.40. The number of nitrogens with zero attached hydrogens (tertiary/aromatic N) is 4. The zero-order chi connectivity index (χ0) is 27.6. The van der Waals surface area contributed by atoms with E-state index in [2.05, 4.69) is 9.97 Å². The average molecular weight is 547 g/mol. The number of hydrogen-bond acceptors (Lipinski definition) is 7. The maximum absolute atomic E-state index is 13.7. The number of rotatable bonds is 10. The first-order valence-corrected chi connectivity index (χ1v) is 13.9. The summed E-state index contributed by atoms with van der Waals surface area (Å²) in [6, 6.07) is 11.1. The SMILES string of the molecule is CCOc1nc([C@@H](CS(C)(=O)=O)n2c(=O)n(CC(F)F)c3c(C)c(-c4ccccc4)cnc32)ccc1OC. The van der Waals surface area contributed by atoms with Crippen LogP contribution in [0.1, 0.15) is 24.2 Å². The van der Waals surface area contributed by atoms with Gasteiger partial charge >= 0.3 is 5.69 Å². The van der Waals surface area contributed by atoms with E-state index in [-0.39, 0.29) is 29.3 Å². The molecule has 0 bridgehead atoms. The van der Waals surface area contributed by atoms with Crippen molar-refractivity contribution in [1.29, 1.82) is 0 Å². The number of aryl methyl sites for hydroxylation is 1. The Morgan fingerprint density at radius 1 is 1.11 bits per heavy atom. The Bertz CT molecular complexity index is 1620. The van der Waals surface area contributed by atoms with E-state index in [9.17, 15) is 22.0 Å². The number of benzene rings is 1. The Balaban J connectivity index is 2.04. The molecule has 0 saturated heterocycles. The summed E-state index contributed by atoms with van der Waals surface area (Å²) >= 11 is 0. The number of imidazole rings is 1. The van der Waals surface area contributed by atoms with Gasteiger partial charge in [0.05, 0.1) is 43.3 Å². The standard InChI is InChI=1S/C26H28F2N4O5S/c1-5-37-25-21(36-3)12-11-19(30-25)20(15-38(4,34)35)32-24-23(31(26(32)33)14-22(27)28)16(2)18(13-29-24)17-9-7-6-8-10-17/h6-13,20,22H,5,14-15H2,1-4H3/t20-/m1/s1. The van der Waals surface area contributed by atoms with Gasteiger partial charge in [-0.05, 0) is 37.1 Å². The molecular weight excluding hydrogens is 518 g/mol. The minimum Gasteiger partial charge on any atom is -0.491 e. The Kier molecular flexibility index (Phi) is 7.81. The molecule has 0 unspecified atom stereocenters. The van der Waals surface area contributed by atoms with Gasteiger partial charge in [-0.3, -0.25) is 9.13 Å². The molecule has 0 saturated carbocycles. The van der Waals surface area contributed by atoms with Gasteiger partial charge < -0.3 is 9.47 Å². The Morgan fingerprint density at radius 2 is 1.82 bits per heavy atom. The van der Waals surface area contributed by atoms with E-state index in [1.165, 1.54) is 13.2 Å². The van der Waals surface area contributed by atoms with E-state index in [0.717, 1.165) is 21.0 Å². The average Bonchev–Trinajstić information content (AvgIpc) is 3.14. The fourth-order valence-corrected chi connectivity index (χ4v) is 5.39. The molecule has 0 fully saturated rings.